The predicted molar refractivity (Wildman–Crippen MR) is 61.1 cm³/mol. The zero-order chi connectivity index (χ0) is 10.5. The van der Waals surface area contributed by atoms with Gasteiger partial charge < -0.3 is 10.6 Å². The molecule has 2 N–H and O–H groups in total. The van der Waals surface area contributed by atoms with E-state index in [0.717, 1.165) is 38.3 Å². The van der Waals surface area contributed by atoms with E-state index < -0.39 is 0 Å². The van der Waals surface area contributed by atoms with Crippen LogP contribution in [0.25, 0.3) is 0 Å². The number of aryl methyl sites for hydroxylation is 1. The first-order valence-electron chi connectivity index (χ1n) is 5.69. The Morgan fingerprint density at radius 3 is 3.07 bits per heavy atom. The fourth-order valence-corrected chi connectivity index (χ4v) is 1.96. The Kier molecular flexibility index (Phi) is 3.50. The van der Waals surface area contributed by atoms with Crippen molar-refractivity contribution < 1.29 is 0 Å². The summed E-state index contributed by atoms with van der Waals surface area (Å²) in [5, 5.41) is 6.65. The second-order valence-electron chi connectivity index (χ2n) is 3.78. The van der Waals surface area contributed by atoms with Crippen LogP contribution < -0.4 is 10.6 Å². The average Bonchev–Trinajstić information content (AvgIpc) is 2.73. The molecule has 0 radical (unpaired) electrons. The van der Waals surface area contributed by atoms with Crippen LogP contribution in [0.1, 0.15) is 24.6 Å². The highest BCUT2D eigenvalue weighted by molar-refractivity contribution is 5.47. The van der Waals surface area contributed by atoms with Gasteiger partial charge in [0.2, 0.25) is 0 Å². The molecule has 0 aromatic carbocycles. The lowest BCUT2D eigenvalue weighted by Gasteiger charge is -2.09. The van der Waals surface area contributed by atoms with Crippen molar-refractivity contribution in [1.29, 1.82) is 0 Å². The minimum Gasteiger partial charge on any atom is -0.368 e. The SMILES string of the molecule is CCNCCNc1ncnc2c1CCC2. The molecule has 1 aromatic rings. The van der Waals surface area contributed by atoms with Crippen molar-refractivity contribution in [3.8, 4) is 0 Å². The monoisotopic (exact) mass is 206 g/mol. The Hall–Kier alpha value is -1.16. The van der Waals surface area contributed by atoms with E-state index in [-0.39, 0.29) is 0 Å². The molecule has 0 fully saturated rings. The standard InChI is InChI=1S/C11H18N4/c1-2-12-6-7-13-11-9-4-3-5-10(9)14-8-15-11/h8,12H,2-7H2,1H3,(H,13,14,15). The summed E-state index contributed by atoms with van der Waals surface area (Å²) in [5.74, 6) is 1.04. The zero-order valence-corrected chi connectivity index (χ0v) is 9.21. The molecule has 1 heterocycles. The number of anilines is 1. The highest BCUT2D eigenvalue weighted by atomic mass is 15.0. The van der Waals surface area contributed by atoms with Gasteiger partial charge in [0.05, 0.1) is 0 Å². The van der Waals surface area contributed by atoms with Crippen molar-refractivity contribution in [3.05, 3.63) is 17.6 Å². The molecule has 0 bridgehead atoms. The third-order valence-electron chi connectivity index (χ3n) is 2.72. The minimum absolute atomic E-state index is 0.928. The van der Waals surface area contributed by atoms with Crippen LogP contribution in [0.15, 0.2) is 6.33 Å². The second kappa shape index (κ2) is 5.07. The van der Waals surface area contributed by atoms with Gasteiger partial charge in [-0.15, -0.1) is 0 Å². The second-order valence-corrected chi connectivity index (χ2v) is 3.78. The Morgan fingerprint density at radius 1 is 1.27 bits per heavy atom. The van der Waals surface area contributed by atoms with Gasteiger partial charge in [-0.1, -0.05) is 6.92 Å². The molecular formula is C11H18N4. The van der Waals surface area contributed by atoms with E-state index in [1.165, 1.54) is 17.7 Å². The summed E-state index contributed by atoms with van der Waals surface area (Å²) in [6, 6.07) is 0. The van der Waals surface area contributed by atoms with Gasteiger partial charge in [0.1, 0.15) is 12.1 Å². The summed E-state index contributed by atoms with van der Waals surface area (Å²) in [7, 11) is 0. The van der Waals surface area contributed by atoms with Crippen molar-refractivity contribution in [3.63, 3.8) is 0 Å². The molecule has 2 rings (SSSR count). The number of nitrogens with one attached hydrogen (secondary N) is 2. The summed E-state index contributed by atoms with van der Waals surface area (Å²) in [6.07, 6.45) is 5.12. The van der Waals surface area contributed by atoms with E-state index in [1.807, 2.05) is 0 Å². The van der Waals surface area contributed by atoms with Crippen molar-refractivity contribution in [1.82, 2.24) is 15.3 Å². The fourth-order valence-electron chi connectivity index (χ4n) is 1.96. The van der Waals surface area contributed by atoms with Crippen LogP contribution in [0, 0.1) is 0 Å². The highest BCUT2D eigenvalue weighted by Crippen LogP contribution is 2.24. The molecule has 4 heteroatoms. The van der Waals surface area contributed by atoms with Crippen molar-refractivity contribution >= 4 is 5.82 Å². The molecule has 1 aromatic heterocycles. The maximum Gasteiger partial charge on any atom is 0.132 e. The van der Waals surface area contributed by atoms with Gasteiger partial charge in [-0.2, -0.15) is 0 Å². The number of rotatable bonds is 5. The molecule has 0 aliphatic heterocycles. The normalized spacial score (nSPS) is 13.9. The number of hydrogen-bond acceptors (Lipinski definition) is 4. The van der Waals surface area contributed by atoms with Gasteiger partial charge in [0, 0.05) is 24.3 Å². The zero-order valence-electron chi connectivity index (χ0n) is 9.21. The van der Waals surface area contributed by atoms with Gasteiger partial charge >= 0.3 is 0 Å². The van der Waals surface area contributed by atoms with Crippen LogP contribution in [0.5, 0.6) is 0 Å². The summed E-state index contributed by atoms with van der Waals surface area (Å²) in [4.78, 5) is 8.60. The van der Waals surface area contributed by atoms with Crippen LogP contribution >= 0.6 is 0 Å². The lowest BCUT2D eigenvalue weighted by molar-refractivity contribution is 0.737. The number of hydrogen-bond donors (Lipinski definition) is 2. The molecule has 4 nitrogen and oxygen atoms in total. The summed E-state index contributed by atoms with van der Waals surface area (Å²) >= 11 is 0. The predicted octanol–water partition coefficient (Wildman–Crippen LogP) is 0.987. The van der Waals surface area contributed by atoms with Crippen LogP contribution in [0.3, 0.4) is 0 Å². The van der Waals surface area contributed by atoms with Gasteiger partial charge in [-0.25, -0.2) is 9.97 Å². The largest absolute Gasteiger partial charge is 0.368 e. The molecule has 1 aliphatic carbocycles. The van der Waals surface area contributed by atoms with Crippen LogP contribution in [0.4, 0.5) is 5.82 Å². The molecule has 0 saturated carbocycles. The minimum atomic E-state index is 0.928. The number of likely N-dealkylation sites (N-methyl/N-ethyl adjacent to an activating group) is 1. The van der Waals surface area contributed by atoms with E-state index >= 15 is 0 Å². The Labute approximate surface area is 90.5 Å². The molecule has 82 valence electrons. The number of fused-ring (bicyclic) bond motifs is 1. The summed E-state index contributed by atoms with van der Waals surface area (Å²) in [6.45, 7) is 5.04. The summed E-state index contributed by atoms with van der Waals surface area (Å²) < 4.78 is 0. The third kappa shape index (κ3) is 2.45. The Balaban J connectivity index is 1.94. The lowest BCUT2D eigenvalue weighted by Crippen LogP contribution is -2.22. The quantitative estimate of drug-likeness (QED) is 0.705. The lowest BCUT2D eigenvalue weighted by atomic mass is 10.2. The Morgan fingerprint density at radius 2 is 2.20 bits per heavy atom. The maximum atomic E-state index is 4.30. The van der Waals surface area contributed by atoms with Gasteiger partial charge in [0.15, 0.2) is 0 Å². The first-order chi connectivity index (χ1) is 7.42. The van der Waals surface area contributed by atoms with E-state index in [0.29, 0.717) is 0 Å². The first kappa shape index (κ1) is 10.4. The van der Waals surface area contributed by atoms with E-state index in [1.54, 1.807) is 6.33 Å². The highest BCUT2D eigenvalue weighted by Gasteiger charge is 2.16. The van der Waals surface area contributed by atoms with E-state index in [4.69, 9.17) is 0 Å². The molecule has 0 atom stereocenters. The van der Waals surface area contributed by atoms with Gasteiger partial charge in [0.25, 0.3) is 0 Å². The fraction of sp³-hybridized carbons (Fsp3) is 0.636. The molecular weight excluding hydrogens is 188 g/mol. The number of nitrogens with zero attached hydrogens (tertiary/aromatic N) is 2. The molecule has 0 amide bonds. The van der Waals surface area contributed by atoms with Gasteiger partial charge in [-0.3, -0.25) is 0 Å². The third-order valence-corrected chi connectivity index (χ3v) is 2.72. The van der Waals surface area contributed by atoms with Crippen molar-refractivity contribution in [2.75, 3.05) is 25.0 Å². The Bertz CT molecular complexity index is 324. The summed E-state index contributed by atoms with van der Waals surface area (Å²) in [5.41, 5.74) is 2.56. The molecule has 0 saturated heterocycles. The van der Waals surface area contributed by atoms with Gasteiger partial charge in [-0.05, 0) is 25.8 Å². The average molecular weight is 206 g/mol. The smallest absolute Gasteiger partial charge is 0.132 e. The molecule has 15 heavy (non-hydrogen) atoms. The van der Waals surface area contributed by atoms with Crippen LogP contribution in [0.2, 0.25) is 0 Å². The van der Waals surface area contributed by atoms with Crippen molar-refractivity contribution in [2.24, 2.45) is 0 Å². The molecule has 0 unspecified atom stereocenters. The van der Waals surface area contributed by atoms with Crippen LogP contribution in [-0.2, 0) is 12.8 Å². The van der Waals surface area contributed by atoms with Crippen molar-refractivity contribution in [2.45, 2.75) is 26.2 Å². The van der Waals surface area contributed by atoms with E-state index in [2.05, 4.69) is 27.5 Å². The maximum absolute atomic E-state index is 4.30. The first-order valence-corrected chi connectivity index (χ1v) is 5.69. The molecule has 1 aliphatic rings. The van der Waals surface area contributed by atoms with E-state index in [9.17, 15) is 0 Å². The topological polar surface area (TPSA) is 49.8 Å². The van der Waals surface area contributed by atoms with Crippen LogP contribution in [-0.4, -0.2) is 29.6 Å². The molecule has 0 spiro atoms. The number of aromatic nitrogens is 2.